The number of para-hydroxylation sites is 2. The topological polar surface area (TPSA) is 140 Å². The van der Waals surface area contributed by atoms with Crippen molar-refractivity contribution in [3.8, 4) is 57.4 Å². The molecular formula is C47H36Cl2N12O2S2. The summed E-state index contributed by atoms with van der Waals surface area (Å²) in [5.74, 6) is 4.56. The van der Waals surface area contributed by atoms with E-state index in [2.05, 4.69) is 20.4 Å². The fourth-order valence-electron chi connectivity index (χ4n) is 6.91. The van der Waals surface area contributed by atoms with Gasteiger partial charge in [0.1, 0.15) is 11.5 Å². The second kappa shape index (κ2) is 18.6. The average Bonchev–Trinajstić information content (AvgIpc) is 4.09. The smallest absolute Gasteiger partial charge is 0.231 e. The number of aromatic nitrogens is 10. The number of ether oxygens (including phenoxy) is 2. The van der Waals surface area contributed by atoms with E-state index in [0.29, 0.717) is 89.3 Å². The molecular weight excluding hydrogens is 900 g/mol. The molecule has 2 aliphatic rings. The second-order valence-corrected chi connectivity index (χ2v) is 17.6. The van der Waals surface area contributed by atoms with Crippen LogP contribution in [0.1, 0.15) is 28.9 Å². The molecule has 9 aromatic rings. The Balaban J connectivity index is 1.09. The lowest BCUT2D eigenvalue weighted by Gasteiger charge is -2.12. The molecule has 0 atom stereocenters. The standard InChI is InChI=1S/C47H36Cl2N12O2S2/c1-30-40-28-50-60-42(32-14-18-34(48)19-15-32)52-54-46(60)64-26-9-27-65-47-55-53-43(33-16-20-35(49)21-17-33)61(47)51-29-41-31(2)57-59(37-12-7-4-8-13-37)45(41)63-39-24-22-38(23-25-39)62-44(40)58(56-30)36-10-5-3-6-11-36/h3-8,10-25,28-29H,9,26-27H2,1-2H3/b50-28+,51-29+. The van der Waals surface area contributed by atoms with Crippen molar-refractivity contribution < 1.29 is 9.47 Å². The zero-order valence-electron chi connectivity index (χ0n) is 34.7. The van der Waals surface area contributed by atoms with Gasteiger partial charge in [-0.3, -0.25) is 0 Å². The molecule has 0 fully saturated rings. The van der Waals surface area contributed by atoms with Crippen LogP contribution >= 0.6 is 46.7 Å². The lowest BCUT2D eigenvalue weighted by molar-refractivity contribution is 0.432. The van der Waals surface area contributed by atoms with E-state index in [9.17, 15) is 0 Å². The second-order valence-electron chi connectivity index (χ2n) is 14.6. The monoisotopic (exact) mass is 934 g/mol. The Kier molecular flexibility index (Phi) is 12.0. The first-order chi connectivity index (χ1) is 31.9. The third kappa shape index (κ3) is 8.93. The van der Waals surface area contributed by atoms with Gasteiger partial charge in [-0.25, -0.2) is 0 Å². The maximum absolute atomic E-state index is 6.72. The summed E-state index contributed by atoms with van der Waals surface area (Å²) in [5.41, 5.74) is 6.00. The number of hydrogen-bond acceptors (Lipinski definition) is 12. The fraction of sp³-hybridized carbons (Fsp3) is 0.106. The van der Waals surface area contributed by atoms with E-state index in [0.717, 1.165) is 28.9 Å². The predicted octanol–water partition coefficient (Wildman–Crippen LogP) is 11.4. The van der Waals surface area contributed by atoms with Gasteiger partial charge in [0.2, 0.25) is 22.1 Å². The van der Waals surface area contributed by atoms with Gasteiger partial charge in [-0.2, -0.15) is 39.1 Å². The van der Waals surface area contributed by atoms with E-state index in [1.807, 2.05) is 147 Å². The van der Waals surface area contributed by atoms with E-state index >= 15 is 0 Å². The summed E-state index contributed by atoms with van der Waals surface area (Å²) in [7, 11) is 0. The Hall–Kier alpha value is -6.98. The average molecular weight is 936 g/mol. The summed E-state index contributed by atoms with van der Waals surface area (Å²) in [6.07, 6.45) is 4.27. The van der Waals surface area contributed by atoms with Gasteiger partial charge in [-0.15, -0.1) is 20.4 Å². The van der Waals surface area contributed by atoms with E-state index in [4.69, 9.17) is 53.1 Å². The van der Waals surface area contributed by atoms with Gasteiger partial charge in [-0.1, -0.05) is 83.1 Å². The number of rotatable bonds is 4. The quantitative estimate of drug-likeness (QED) is 0.167. The highest BCUT2D eigenvalue weighted by Gasteiger charge is 2.23. The van der Waals surface area contributed by atoms with Crippen LogP contribution in [-0.2, 0) is 0 Å². The summed E-state index contributed by atoms with van der Waals surface area (Å²) in [6.45, 7) is 3.85. The fourth-order valence-corrected chi connectivity index (χ4v) is 9.00. The number of aryl methyl sites for hydroxylation is 2. The minimum atomic E-state index is 0.470. The number of fused-ring (bicyclic) bond motifs is 6. The van der Waals surface area contributed by atoms with Gasteiger partial charge in [0.05, 0.1) is 46.3 Å². The highest BCUT2D eigenvalue weighted by atomic mass is 35.5. The molecule has 0 N–H and O–H groups in total. The molecule has 11 rings (SSSR count). The van der Waals surface area contributed by atoms with Crippen molar-refractivity contribution >= 4 is 59.2 Å². The molecule has 322 valence electrons. The lowest BCUT2D eigenvalue weighted by Crippen LogP contribution is -2.02. The van der Waals surface area contributed by atoms with Crippen molar-refractivity contribution in [1.82, 2.24) is 49.3 Å². The van der Waals surface area contributed by atoms with Crippen molar-refractivity contribution in [3.05, 3.63) is 166 Å². The molecule has 65 heavy (non-hydrogen) atoms. The van der Waals surface area contributed by atoms with Crippen LogP contribution in [-0.4, -0.2) is 73.2 Å². The predicted molar refractivity (Wildman–Crippen MR) is 256 cm³/mol. The minimum absolute atomic E-state index is 0.470. The maximum Gasteiger partial charge on any atom is 0.231 e. The van der Waals surface area contributed by atoms with Gasteiger partial charge in [0.25, 0.3) is 0 Å². The first-order valence-electron chi connectivity index (χ1n) is 20.4. The maximum atomic E-state index is 6.72. The first-order valence-corrected chi connectivity index (χ1v) is 23.1. The summed E-state index contributed by atoms with van der Waals surface area (Å²) in [4.78, 5) is 0. The number of thioether (sulfide) groups is 2. The van der Waals surface area contributed by atoms with Gasteiger partial charge >= 0.3 is 0 Å². The Morgan fingerprint density at radius 1 is 0.492 bits per heavy atom. The van der Waals surface area contributed by atoms with E-state index in [-0.39, 0.29) is 0 Å². The molecule has 0 saturated heterocycles. The van der Waals surface area contributed by atoms with Crippen molar-refractivity contribution in [2.24, 2.45) is 10.2 Å². The molecule has 0 radical (unpaired) electrons. The van der Waals surface area contributed by atoms with E-state index < -0.39 is 0 Å². The number of halogens is 2. The van der Waals surface area contributed by atoms with Gasteiger partial charge in [-0.05, 0) is 117 Å². The number of benzene rings is 5. The van der Waals surface area contributed by atoms with E-state index in [1.54, 1.807) is 54.7 Å². The van der Waals surface area contributed by atoms with Crippen LogP contribution in [0.25, 0.3) is 34.2 Å². The van der Waals surface area contributed by atoms with Gasteiger partial charge < -0.3 is 9.47 Å². The largest absolute Gasteiger partial charge is 0.438 e. The summed E-state index contributed by atoms with van der Waals surface area (Å²) < 4.78 is 20.5. The molecule has 0 saturated carbocycles. The molecule has 2 bridgehead atoms. The SMILES string of the molecule is Cc1nn(-c2ccccc2)c2c1/C=N/n1c(nnc1-c1ccc(Cl)cc1)SCCCSc1nnc(-c3ccc(Cl)cc3)n1/N=C/c1c(C)nn(-c3ccccc3)c1Oc1ccc(cc1)O2. The van der Waals surface area contributed by atoms with Crippen LogP contribution in [0.4, 0.5) is 0 Å². The Bertz CT molecular complexity index is 2950. The third-order valence-corrected chi connectivity index (χ3v) is 12.7. The normalized spacial score (nSPS) is 14.0. The molecule has 4 aromatic heterocycles. The summed E-state index contributed by atoms with van der Waals surface area (Å²) in [6, 6.07) is 41.9. The van der Waals surface area contributed by atoms with Crippen LogP contribution < -0.4 is 9.47 Å². The molecule has 0 spiro atoms. The number of nitrogens with zero attached hydrogens (tertiary/aromatic N) is 12. The molecule has 5 aromatic carbocycles. The minimum Gasteiger partial charge on any atom is -0.438 e. The van der Waals surface area contributed by atoms with Gasteiger partial charge in [0.15, 0.2) is 11.6 Å². The first kappa shape index (κ1) is 42.0. The lowest BCUT2D eigenvalue weighted by atomic mass is 10.2. The highest BCUT2D eigenvalue weighted by molar-refractivity contribution is 8.00. The Labute approximate surface area is 391 Å². The molecule has 14 nitrogen and oxygen atoms in total. The van der Waals surface area contributed by atoms with Crippen molar-refractivity contribution in [3.63, 3.8) is 0 Å². The van der Waals surface area contributed by atoms with Crippen molar-refractivity contribution in [2.45, 2.75) is 30.6 Å². The van der Waals surface area contributed by atoms with Crippen LogP contribution in [0.3, 0.4) is 0 Å². The van der Waals surface area contributed by atoms with Crippen LogP contribution in [0.15, 0.2) is 154 Å². The molecule has 0 aliphatic carbocycles. The Morgan fingerprint density at radius 2 is 0.892 bits per heavy atom. The number of hydrogen-bond donors (Lipinski definition) is 0. The molecule has 6 heterocycles. The zero-order chi connectivity index (χ0) is 44.3. The van der Waals surface area contributed by atoms with Gasteiger partial charge in [0, 0.05) is 32.7 Å². The van der Waals surface area contributed by atoms with Crippen molar-refractivity contribution in [1.29, 1.82) is 0 Å². The summed E-state index contributed by atoms with van der Waals surface area (Å²) in [5, 5.41) is 40.7. The van der Waals surface area contributed by atoms with Crippen LogP contribution in [0, 0.1) is 13.8 Å². The summed E-state index contributed by atoms with van der Waals surface area (Å²) >= 11 is 15.7. The molecule has 18 heteroatoms. The third-order valence-electron chi connectivity index (χ3n) is 10.2. The molecule has 2 aliphatic heterocycles. The highest BCUT2D eigenvalue weighted by Crippen LogP contribution is 2.35. The zero-order valence-corrected chi connectivity index (χ0v) is 37.9. The van der Waals surface area contributed by atoms with E-state index in [1.165, 1.54) is 0 Å². The van der Waals surface area contributed by atoms with Crippen LogP contribution in [0.2, 0.25) is 10.0 Å². The van der Waals surface area contributed by atoms with Crippen molar-refractivity contribution in [2.75, 3.05) is 11.5 Å². The molecule has 0 amide bonds. The van der Waals surface area contributed by atoms with Crippen LogP contribution in [0.5, 0.6) is 23.3 Å². The molecule has 0 unspecified atom stereocenters. The Morgan fingerprint density at radius 3 is 1.29 bits per heavy atom.